The van der Waals surface area contributed by atoms with Crippen LogP contribution in [0.4, 0.5) is 8.78 Å². The molecule has 1 aliphatic carbocycles. The molecule has 0 aromatic heterocycles. The predicted octanol–water partition coefficient (Wildman–Crippen LogP) is 4.59. The van der Waals surface area contributed by atoms with Crippen molar-refractivity contribution < 1.29 is 8.78 Å². The molecule has 0 bridgehead atoms. The van der Waals surface area contributed by atoms with E-state index >= 15 is 0 Å². The summed E-state index contributed by atoms with van der Waals surface area (Å²) in [7, 11) is 0. The second-order valence-electron chi connectivity index (χ2n) is 5.58. The zero-order valence-corrected chi connectivity index (χ0v) is 11.8. The molecule has 0 radical (unpaired) electrons. The topological polar surface area (TPSA) is 12.0 Å². The van der Waals surface area contributed by atoms with Crippen LogP contribution in [0.1, 0.15) is 57.6 Å². The number of hydrogen-bond donors (Lipinski definition) is 1. The van der Waals surface area contributed by atoms with Gasteiger partial charge >= 0.3 is 0 Å². The van der Waals surface area contributed by atoms with Gasteiger partial charge in [-0.3, -0.25) is 0 Å². The first kappa shape index (κ1) is 14.4. The van der Waals surface area contributed by atoms with Crippen LogP contribution in [0, 0.1) is 17.0 Å². The van der Waals surface area contributed by atoms with Gasteiger partial charge in [-0.1, -0.05) is 32.8 Å². The second-order valence-corrected chi connectivity index (χ2v) is 5.58. The molecule has 0 amide bonds. The highest BCUT2D eigenvalue weighted by molar-refractivity contribution is 5.25. The minimum atomic E-state index is -0.506. The summed E-state index contributed by atoms with van der Waals surface area (Å²) in [5, 5.41) is 3.43. The number of benzene rings is 1. The molecule has 2 rings (SSSR count). The first-order chi connectivity index (χ1) is 9.13. The van der Waals surface area contributed by atoms with Gasteiger partial charge in [0.1, 0.15) is 11.6 Å². The van der Waals surface area contributed by atoms with Crippen LogP contribution < -0.4 is 5.32 Å². The Bertz CT molecular complexity index is 425. The molecule has 0 heterocycles. The van der Waals surface area contributed by atoms with Crippen LogP contribution in [0.25, 0.3) is 0 Å². The van der Waals surface area contributed by atoms with E-state index in [0.29, 0.717) is 5.56 Å². The summed E-state index contributed by atoms with van der Waals surface area (Å²) < 4.78 is 27.2. The Balaban J connectivity index is 2.38. The summed E-state index contributed by atoms with van der Waals surface area (Å²) in [6.07, 6.45) is 5.69. The molecule has 1 nitrogen and oxygen atoms in total. The molecular formula is C16H23F2N. The molecule has 106 valence electrons. The van der Waals surface area contributed by atoms with E-state index in [9.17, 15) is 8.78 Å². The van der Waals surface area contributed by atoms with Gasteiger partial charge in [0, 0.05) is 17.7 Å². The Hall–Kier alpha value is -0.960. The van der Waals surface area contributed by atoms with E-state index < -0.39 is 11.6 Å². The fourth-order valence-corrected chi connectivity index (χ4v) is 3.52. The third kappa shape index (κ3) is 2.81. The zero-order chi connectivity index (χ0) is 13.9. The number of rotatable bonds is 5. The van der Waals surface area contributed by atoms with E-state index in [0.717, 1.165) is 31.9 Å². The molecule has 1 saturated carbocycles. The van der Waals surface area contributed by atoms with Crippen LogP contribution in [-0.2, 0) is 0 Å². The molecular weight excluding hydrogens is 244 g/mol. The van der Waals surface area contributed by atoms with E-state index in [2.05, 4.69) is 12.2 Å². The lowest BCUT2D eigenvalue weighted by molar-refractivity contribution is 0.185. The van der Waals surface area contributed by atoms with Crippen molar-refractivity contribution in [3.63, 3.8) is 0 Å². The predicted molar refractivity (Wildman–Crippen MR) is 74.0 cm³/mol. The fourth-order valence-electron chi connectivity index (χ4n) is 3.52. The standard InChI is InChI=1S/C16H23F2N/c1-3-16(9-5-6-10-16)15(19-4-2)13-8-7-12(17)11-14(13)18/h7-8,11,15,19H,3-6,9-10H2,1-2H3. The van der Waals surface area contributed by atoms with Crippen molar-refractivity contribution in [1.82, 2.24) is 5.32 Å². The lowest BCUT2D eigenvalue weighted by Gasteiger charge is -2.38. The zero-order valence-electron chi connectivity index (χ0n) is 11.8. The van der Waals surface area contributed by atoms with Crippen molar-refractivity contribution in [3.05, 3.63) is 35.4 Å². The Kier molecular flexibility index (Phi) is 4.56. The highest BCUT2D eigenvalue weighted by Gasteiger charge is 2.41. The largest absolute Gasteiger partial charge is 0.310 e. The molecule has 3 heteroatoms. The molecule has 0 saturated heterocycles. The van der Waals surface area contributed by atoms with Gasteiger partial charge < -0.3 is 5.32 Å². The second kappa shape index (κ2) is 6.00. The van der Waals surface area contributed by atoms with Crippen molar-refractivity contribution in [2.45, 2.75) is 52.0 Å². The van der Waals surface area contributed by atoms with Crippen LogP contribution in [-0.4, -0.2) is 6.54 Å². The third-order valence-corrected chi connectivity index (χ3v) is 4.60. The molecule has 19 heavy (non-hydrogen) atoms. The average molecular weight is 267 g/mol. The Morgan fingerprint density at radius 2 is 1.89 bits per heavy atom. The Morgan fingerprint density at radius 1 is 1.21 bits per heavy atom. The SMILES string of the molecule is CCNC(c1ccc(F)cc1F)C1(CC)CCCC1. The van der Waals surface area contributed by atoms with Crippen molar-refractivity contribution in [2.24, 2.45) is 5.41 Å². The van der Waals surface area contributed by atoms with E-state index in [-0.39, 0.29) is 11.5 Å². The molecule has 0 aliphatic heterocycles. The summed E-state index contributed by atoms with van der Waals surface area (Å²) in [4.78, 5) is 0. The van der Waals surface area contributed by atoms with Gasteiger partial charge in [0.15, 0.2) is 0 Å². The van der Waals surface area contributed by atoms with E-state index in [1.165, 1.54) is 18.9 Å². The third-order valence-electron chi connectivity index (χ3n) is 4.60. The van der Waals surface area contributed by atoms with Crippen molar-refractivity contribution >= 4 is 0 Å². The van der Waals surface area contributed by atoms with Gasteiger partial charge in [0.05, 0.1) is 0 Å². The van der Waals surface area contributed by atoms with Crippen molar-refractivity contribution in [1.29, 1.82) is 0 Å². The van der Waals surface area contributed by atoms with Crippen LogP contribution >= 0.6 is 0 Å². The molecule has 1 aromatic carbocycles. The van der Waals surface area contributed by atoms with E-state index in [1.54, 1.807) is 6.07 Å². The number of halogens is 2. The van der Waals surface area contributed by atoms with Gasteiger partial charge in [0.25, 0.3) is 0 Å². The maximum absolute atomic E-state index is 14.1. The first-order valence-corrected chi connectivity index (χ1v) is 7.31. The number of hydrogen-bond acceptors (Lipinski definition) is 1. The molecule has 1 aliphatic rings. The number of nitrogens with one attached hydrogen (secondary N) is 1. The monoisotopic (exact) mass is 267 g/mol. The van der Waals surface area contributed by atoms with Crippen LogP contribution in [0.5, 0.6) is 0 Å². The molecule has 1 atom stereocenters. The average Bonchev–Trinajstić information content (AvgIpc) is 2.87. The van der Waals surface area contributed by atoms with E-state index in [1.807, 2.05) is 6.92 Å². The summed E-state index contributed by atoms with van der Waals surface area (Å²) in [5.74, 6) is -0.931. The van der Waals surface area contributed by atoms with Crippen LogP contribution in [0.15, 0.2) is 18.2 Å². The van der Waals surface area contributed by atoms with Gasteiger partial charge in [-0.05, 0) is 37.3 Å². The smallest absolute Gasteiger partial charge is 0.130 e. The summed E-state index contributed by atoms with van der Waals surface area (Å²) in [5.41, 5.74) is 0.737. The quantitative estimate of drug-likeness (QED) is 0.823. The molecule has 1 N–H and O–H groups in total. The summed E-state index contributed by atoms with van der Waals surface area (Å²) in [6, 6.07) is 3.96. The summed E-state index contributed by atoms with van der Waals surface area (Å²) >= 11 is 0. The normalized spacial score (nSPS) is 19.6. The molecule has 1 unspecified atom stereocenters. The van der Waals surface area contributed by atoms with Crippen LogP contribution in [0.3, 0.4) is 0 Å². The van der Waals surface area contributed by atoms with Crippen molar-refractivity contribution in [3.8, 4) is 0 Å². The molecule has 1 fully saturated rings. The highest BCUT2D eigenvalue weighted by Crippen LogP contribution is 2.50. The summed E-state index contributed by atoms with van der Waals surface area (Å²) in [6.45, 7) is 5.01. The maximum atomic E-state index is 14.1. The van der Waals surface area contributed by atoms with Crippen LogP contribution in [0.2, 0.25) is 0 Å². The van der Waals surface area contributed by atoms with E-state index in [4.69, 9.17) is 0 Å². The Morgan fingerprint density at radius 3 is 2.42 bits per heavy atom. The Labute approximate surface area is 114 Å². The minimum absolute atomic E-state index is 0.00870. The lowest BCUT2D eigenvalue weighted by Crippen LogP contribution is -2.36. The highest BCUT2D eigenvalue weighted by atomic mass is 19.1. The molecule has 0 spiro atoms. The van der Waals surface area contributed by atoms with Gasteiger partial charge in [-0.25, -0.2) is 8.78 Å². The molecule has 1 aromatic rings. The van der Waals surface area contributed by atoms with Gasteiger partial charge in [0.2, 0.25) is 0 Å². The maximum Gasteiger partial charge on any atom is 0.130 e. The first-order valence-electron chi connectivity index (χ1n) is 7.31. The lowest BCUT2D eigenvalue weighted by atomic mass is 9.73. The van der Waals surface area contributed by atoms with Gasteiger partial charge in [-0.15, -0.1) is 0 Å². The fraction of sp³-hybridized carbons (Fsp3) is 0.625. The van der Waals surface area contributed by atoms with Gasteiger partial charge in [-0.2, -0.15) is 0 Å². The minimum Gasteiger partial charge on any atom is -0.310 e. The van der Waals surface area contributed by atoms with Crippen molar-refractivity contribution in [2.75, 3.05) is 6.54 Å².